The largest absolute Gasteiger partial charge is 0.489 e. The summed E-state index contributed by atoms with van der Waals surface area (Å²) < 4.78 is 7.25. The number of thiophene rings is 1. The van der Waals surface area contributed by atoms with Gasteiger partial charge in [-0.05, 0) is 41.8 Å². The molecule has 0 amide bonds. The zero-order valence-electron chi connectivity index (χ0n) is 11.6. The van der Waals surface area contributed by atoms with Gasteiger partial charge in [-0.15, -0.1) is 11.3 Å². The number of nitrogens with two attached hydrogens (primary N) is 1. The first kappa shape index (κ1) is 13.0. The SMILES string of the molecule is Cc1cc(C)c(OCc2csc3ccccc23)cc1N. The zero-order chi connectivity index (χ0) is 14.1. The molecule has 0 aliphatic rings. The zero-order valence-corrected chi connectivity index (χ0v) is 12.5. The van der Waals surface area contributed by atoms with Crippen LogP contribution < -0.4 is 10.5 Å². The average Bonchev–Trinajstić information content (AvgIpc) is 2.85. The maximum Gasteiger partial charge on any atom is 0.124 e. The minimum atomic E-state index is 0.577. The summed E-state index contributed by atoms with van der Waals surface area (Å²) in [6.07, 6.45) is 0. The van der Waals surface area contributed by atoms with Crippen molar-refractivity contribution in [3.63, 3.8) is 0 Å². The van der Waals surface area contributed by atoms with Crippen LogP contribution in [0.25, 0.3) is 10.1 Å². The molecule has 102 valence electrons. The first-order chi connectivity index (χ1) is 9.65. The highest BCUT2D eigenvalue weighted by atomic mass is 32.1. The van der Waals surface area contributed by atoms with Gasteiger partial charge in [-0.2, -0.15) is 0 Å². The molecule has 2 N–H and O–H groups in total. The van der Waals surface area contributed by atoms with Gasteiger partial charge in [-0.25, -0.2) is 0 Å². The molecule has 0 bridgehead atoms. The van der Waals surface area contributed by atoms with Gasteiger partial charge in [0.25, 0.3) is 0 Å². The maximum atomic E-state index is 5.95. The Morgan fingerprint density at radius 1 is 1.10 bits per heavy atom. The molecular formula is C17H17NOS. The van der Waals surface area contributed by atoms with Crippen LogP contribution in [0, 0.1) is 13.8 Å². The van der Waals surface area contributed by atoms with Crippen molar-refractivity contribution in [2.45, 2.75) is 20.5 Å². The summed E-state index contributed by atoms with van der Waals surface area (Å²) in [6, 6.07) is 12.4. The number of rotatable bonds is 3. The maximum absolute atomic E-state index is 5.95. The summed E-state index contributed by atoms with van der Waals surface area (Å²) >= 11 is 1.75. The van der Waals surface area contributed by atoms with E-state index in [1.807, 2.05) is 19.9 Å². The summed E-state index contributed by atoms with van der Waals surface area (Å²) in [4.78, 5) is 0. The smallest absolute Gasteiger partial charge is 0.124 e. The van der Waals surface area contributed by atoms with E-state index >= 15 is 0 Å². The fraction of sp³-hybridized carbons (Fsp3) is 0.176. The molecule has 0 saturated carbocycles. The molecule has 0 aliphatic carbocycles. The van der Waals surface area contributed by atoms with Crippen molar-refractivity contribution >= 4 is 27.1 Å². The van der Waals surface area contributed by atoms with Gasteiger partial charge in [0, 0.05) is 22.0 Å². The van der Waals surface area contributed by atoms with Crippen molar-refractivity contribution < 1.29 is 4.74 Å². The van der Waals surface area contributed by atoms with Crippen molar-refractivity contribution in [3.8, 4) is 5.75 Å². The number of benzene rings is 2. The molecule has 3 aromatic rings. The number of nitrogen functional groups attached to an aromatic ring is 1. The molecule has 1 aromatic heterocycles. The Hall–Kier alpha value is -2.00. The van der Waals surface area contributed by atoms with E-state index in [0.29, 0.717) is 6.61 Å². The van der Waals surface area contributed by atoms with E-state index in [1.165, 1.54) is 15.6 Å². The van der Waals surface area contributed by atoms with Crippen LogP contribution in [-0.4, -0.2) is 0 Å². The Morgan fingerprint density at radius 2 is 1.90 bits per heavy atom. The molecule has 0 fully saturated rings. The van der Waals surface area contributed by atoms with E-state index in [9.17, 15) is 0 Å². The first-order valence-corrected chi connectivity index (χ1v) is 7.48. The van der Waals surface area contributed by atoms with Gasteiger partial charge in [0.05, 0.1) is 0 Å². The summed E-state index contributed by atoms with van der Waals surface area (Å²) in [6.45, 7) is 4.64. The average molecular weight is 283 g/mol. The molecule has 20 heavy (non-hydrogen) atoms. The Bertz CT molecular complexity index is 761. The molecule has 1 heterocycles. The van der Waals surface area contributed by atoms with Crippen LogP contribution in [0.3, 0.4) is 0 Å². The van der Waals surface area contributed by atoms with Crippen molar-refractivity contribution in [2.24, 2.45) is 0 Å². The molecule has 0 aliphatic heterocycles. The standard InChI is InChI=1S/C17H17NOS/c1-11-7-12(2)16(8-15(11)18)19-9-13-10-20-17-6-4-3-5-14(13)17/h3-8,10H,9,18H2,1-2H3. The van der Waals surface area contributed by atoms with Gasteiger partial charge < -0.3 is 10.5 Å². The Balaban J connectivity index is 1.85. The third-order valence-corrected chi connectivity index (χ3v) is 4.52. The highest BCUT2D eigenvalue weighted by Crippen LogP contribution is 2.29. The predicted octanol–water partition coefficient (Wildman–Crippen LogP) is 4.68. The molecule has 0 spiro atoms. The minimum absolute atomic E-state index is 0.577. The van der Waals surface area contributed by atoms with Crippen molar-refractivity contribution in [1.82, 2.24) is 0 Å². The molecule has 2 nitrogen and oxygen atoms in total. The van der Waals surface area contributed by atoms with Crippen molar-refractivity contribution in [1.29, 1.82) is 0 Å². The van der Waals surface area contributed by atoms with E-state index in [-0.39, 0.29) is 0 Å². The summed E-state index contributed by atoms with van der Waals surface area (Å²) in [5.41, 5.74) is 10.2. The lowest BCUT2D eigenvalue weighted by Crippen LogP contribution is -1.99. The lowest BCUT2D eigenvalue weighted by atomic mass is 10.1. The number of fused-ring (bicyclic) bond motifs is 1. The molecule has 2 aromatic carbocycles. The van der Waals surface area contributed by atoms with E-state index < -0.39 is 0 Å². The monoisotopic (exact) mass is 283 g/mol. The second kappa shape index (κ2) is 5.17. The van der Waals surface area contributed by atoms with Crippen LogP contribution in [0.2, 0.25) is 0 Å². The predicted molar refractivity (Wildman–Crippen MR) is 86.5 cm³/mol. The fourth-order valence-corrected chi connectivity index (χ4v) is 3.25. The van der Waals surface area contributed by atoms with Gasteiger partial charge in [0.15, 0.2) is 0 Å². The lowest BCUT2D eigenvalue weighted by Gasteiger charge is -2.11. The van der Waals surface area contributed by atoms with E-state index in [0.717, 1.165) is 22.6 Å². The van der Waals surface area contributed by atoms with Crippen LogP contribution in [0.15, 0.2) is 41.8 Å². The molecular weight excluding hydrogens is 266 g/mol. The topological polar surface area (TPSA) is 35.2 Å². The molecule has 0 radical (unpaired) electrons. The number of hydrogen-bond donors (Lipinski definition) is 1. The molecule has 0 unspecified atom stereocenters. The van der Waals surface area contributed by atoms with E-state index in [1.54, 1.807) is 11.3 Å². The number of hydrogen-bond acceptors (Lipinski definition) is 3. The molecule has 3 heteroatoms. The highest BCUT2D eigenvalue weighted by molar-refractivity contribution is 7.17. The van der Waals surface area contributed by atoms with Crippen molar-refractivity contribution in [2.75, 3.05) is 5.73 Å². The van der Waals surface area contributed by atoms with E-state index in [2.05, 4.69) is 35.7 Å². The van der Waals surface area contributed by atoms with Crippen LogP contribution in [0.1, 0.15) is 16.7 Å². The number of anilines is 1. The molecule has 0 saturated heterocycles. The van der Waals surface area contributed by atoms with Gasteiger partial charge in [0.1, 0.15) is 12.4 Å². The summed E-state index contributed by atoms with van der Waals surface area (Å²) in [7, 11) is 0. The second-order valence-electron chi connectivity index (χ2n) is 5.02. The van der Waals surface area contributed by atoms with Crippen molar-refractivity contribution in [3.05, 3.63) is 58.5 Å². The second-order valence-corrected chi connectivity index (χ2v) is 5.93. The van der Waals surface area contributed by atoms with Gasteiger partial charge in [0.2, 0.25) is 0 Å². The molecule has 3 rings (SSSR count). The van der Waals surface area contributed by atoms with Gasteiger partial charge in [-0.1, -0.05) is 24.3 Å². The normalized spacial score (nSPS) is 10.9. The quantitative estimate of drug-likeness (QED) is 0.708. The van der Waals surface area contributed by atoms with Crippen LogP contribution in [0.4, 0.5) is 5.69 Å². The van der Waals surface area contributed by atoms with Gasteiger partial charge in [-0.3, -0.25) is 0 Å². The van der Waals surface area contributed by atoms with Crippen LogP contribution >= 0.6 is 11.3 Å². The Morgan fingerprint density at radius 3 is 2.75 bits per heavy atom. The fourth-order valence-electron chi connectivity index (χ4n) is 2.30. The number of ether oxygens (including phenoxy) is 1. The van der Waals surface area contributed by atoms with Crippen LogP contribution in [0.5, 0.6) is 5.75 Å². The van der Waals surface area contributed by atoms with Gasteiger partial charge >= 0.3 is 0 Å². The summed E-state index contributed by atoms with van der Waals surface area (Å²) in [5.74, 6) is 0.864. The minimum Gasteiger partial charge on any atom is -0.489 e. The lowest BCUT2D eigenvalue weighted by molar-refractivity contribution is 0.306. The third kappa shape index (κ3) is 2.37. The highest BCUT2D eigenvalue weighted by Gasteiger charge is 2.07. The first-order valence-electron chi connectivity index (χ1n) is 6.60. The Kier molecular flexibility index (Phi) is 3.36. The summed E-state index contributed by atoms with van der Waals surface area (Å²) in [5, 5.41) is 3.44. The Labute approximate surface area is 122 Å². The van der Waals surface area contributed by atoms with Crippen LogP contribution in [-0.2, 0) is 6.61 Å². The number of aryl methyl sites for hydroxylation is 2. The van der Waals surface area contributed by atoms with E-state index in [4.69, 9.17) is 10.5 Å². The molecule has 0 atom stereocenters. The third-order valence-electron chi connectivity index (χ3n) is 3.51.